The summed E-state index contributed by atoms with van der Waals surface area (Å²) in [6, 6.07) is 6.52. The number of benzene rings is 1. The van der Waals surface area contributed by atoms with Crippen molar-refractivity contribution in [1.82, 2.24) is 14.9 Å². The lowest BCUT2D eigenvalue weighted by atomic mass is 10.1. The van der Waals surface area contributed by atoms with E-state index in [1.165, 1.54) is 12.1 Å². The number of aromatic nitrogens is 2. The molecule has 2 fully saturated rings. The van der Waals surface area contributed by atoms with E-state index in [0.717, 1.165) is 30.9 Å². The second-order valence-corrected chi connectivity index (χ2v) is 6.38. The highest BCUT2D eigenvalue weighted by molar-refractivity contribution is 5.83. The highest BCUT2D eigenvalue weighted by atomic mass is 19.1. The van der Waals surface area contributed by atoms with Crippen LogP contribution in [0.4, 0.5) is 10.2 Å². The van der Waals surface area contributed by atoms with E-state index >= 15 is 0 Å². The summed E-state index contributed by atoms with van der Waals surface area (Å²) in [7, 11) is 0. The number of rotatable bonds is 3. The third-order valence-corrected chi connectivity index (χ3v) is 4.87. The standard InChI is InChI=1S/C18H19FN4O/c19-14-3-1-13(2-4-14)15-11-16(15)18(24)23-9-7-22(8-10-23)17-12-20-5-6-21-17/h1-6,12,15-16H,7-11H2/t15-,16+/m1/s1. The van der Waals surface area contributed by atoms with Crippen LogP contribution in [-0.4, -0.2) is 47.0 Å². The fraction of sp³-hybridized carbons (Fsp3) is 0.389. The molecule has 6 heteroatoms. The van der Waals surface area contributed by atoms with Gasteiger partial charge in [-0.25, -0.2) is 9.37 Å². The van der Waals surface area contributed by atoms with E-state index in [0.29, 0.717) is 13.1 Å². The first kappa shape index (κ1) is 15.1. The van der Waals surface area contributed by atoms with E-state index < -0.39 is 0 Å². The Hall–Kier alpha value is -2.50. The topological polar surface area (TPSA) is 49.3 Å². The van der Waals surface area contributed by atoms with Crippen molar-refractivity contribution in [2.45, 2.75) is 12.3 Å². The van der Waals surface area contributed by atoms with Crippen LogP contribution in [0.25, 0.3) is 0 Å². The molecule has 1 amide bonds. The van der Waals surface area contributed by atoms with E-state index in [4.69, 9.17) is 0 Å². The second-order valence-electron chi connectivity index (χ2n) is 6.38. The molecule has 1 saturated carbocycles. The average Bonchev–Trinajstić information content (AvgIpc) is 3.43. The predicted octanol–water partition coefficient (Wildman–Crippen LogP) is 2.07. The fourth-order valence-electron chi connectivity index (χ4n) is 3.39. The van der Waals surface area contributed by atoms with E-state index in [1.54, 1.807) is 30.7 Å². The van der Waals surface area contributed by atoms with E-state index in [9.17, 15) is 9.18 Å². The maximum atomic E-state index is 13.0. The number of halogens is 1. The number of amides is 1. The highest BCUT2D eigenvalue weighted by Crippen LogP contribution is 2.48. The summed E-state index contributed by atoms with van der Waals surface area (Å²) in [4.78, 5) is 25.2. The molecule has 2 aromatic rings. The van der Waals surface area contributed by atoms with Gasteiger partial charge >= 0.3 is 0 Å². The Morgan fingerprint density at radius 2 is 1.83 bits per heavy atom. The summed E-state index contributed by atoms with van der Waals surface area (Å²) in [6.07, 6.45) is 5.97. The molecule has 0 unspecified atom stereocenters. The fourth-order valence-corrected chi connectivity index (χ4v) is 3.39. The number of hydrogen-bond acceptors (Lipinski definition) is 4. The summed E-state index contributed by atoms with van der Waals surface area (Å²) < 4.78 is 13.0. The number of hydrogen-bond donors (Lipinski definition) is 0. The van der Waals surface area contributed by atoms with Gasteiger partial charge in [-0.1, -0.05) is 12.1 Å². The van der Waals surface area contributed by atoms with E-state index in [-0.39, 0.29) is 23.6 Å². The lowest BCUT2D eigenvalue weighted by molar-refractivity contribution is -0.133. The van der Waals surface area contributed by atoms with Crippen LogP contribution in [-0.2, 0) is 4.79 Å². The molecule has 124 valence electrons. The molecule has 1 aliphatic carbocycles. The molecule has 2 heterocycles. The van der Waals surface area contributed by atoms with Crippen molar-refractivity contribution in [1.29, 1.82) is 0 Å². The number of nitrogens with zero attached hydrogens (tertiary/aromatic N) is 4. The van der Waals surface area contributed by atoms with Gasteiger partial charge in [0.05, 0.1) is 6.20 Å². The molecule has 24 heavy (non-hydrogen) atoms. The van der Waals surface area contributed by atoms with Crippen LogP contribution in [0.2, 0.25) is 0 Å². The Bertz CT molecular complexity index is 714. The van der Waals surface area contributed by atoms with E-state index in [2.05, 4.69) is 14.9 Å². The number of anilines is 1. The van der Waals surface area contributed by atoms with Crippen molar-refractivity contribution < 1.29 is 9.18 Å². The van der Waals surface area contributed by atoms with Gasteiger partial charge in [-0.15, -0.1) is 0 Å². The Morgan fingerprint density at radius 1 is 1.08 bits per heavy atom. The molecule has 0 bridgehead atoms. The molecule has 5 nitrogen and oxygen atoms in total. The van der Waals surface area contributed by atoms with Gasteiger partial charge in [0.15, 0.2) is 0 Å². The van der Waals surface area contributed by atoms with Crippen LogP contribution < -0.4 is 4.90 Å². The Kier molecular flexibility index (Phi) is 3.88. The molecule has 0 N–H and O–H groups in total. The van der Waals surface area contributed by atoms with Gasteiger partial charge in [0.2, 0.25) is 5.91 Å². The van der Waals surface area contributed by atoms with Gasteiger partial charge in [-0.2, -0.15) is 0 Å². The Labute approximate surface area is 140 Å². The summed E-state index contributed by atoms with van der Waals surface area (Å²) in [5.41, 5.74) is 1.06. The molecule has 1 aromatic heterocycles. The molecule has 1 aromatic carbocycles. The third kappa shape index (κ3) is 2.96. The first-order valence-electron chi connectivity index (χ1n) is 8.27. The monoisotopic (exact) mass is 326 g/mol. The van der Waals surface area contributed by atoms with Crippen molar-refractivity contribution in [2.24, 2.45) is 5.92 Å². The molecular weight excluding hydrogens is 307 g/mol. The van der Waals surface area contributed by atoms with Crippen LogP contribution >= 0.6 is 0 Å². The average molecular weight is 326 g/mol. The normalized spacial score (nSPS) is 23.2. The van der Waals surface area contributed by atoms with Gasteiger partial charge in [-0.3, -0.25) is 9.78 Å². The Balaban J connectivity index is 1.33. The molecule has 1 aliphatic heterocycles. The maximum absolute atomic E-state index is 13.0. The van der Waals surface area contributed by atoms with Crippen molar-refractivity contribution in [3.8, 4) is 0 Å². The SMILES string of the molecule is O=C([C@H]1C[C@@H]1c1ccc(F)cc1)N1CCN(c2cnccn2)CC1. The maximum Gasteiger partial charge on any atom is 0.226 e. The molecular formula is C18H19FN4O. The zero-order chi connectivity index (χ0) is 16.5. The summed E-state index contributed by atoms with van der Waals surface area (Å²) in [5.74, 6) is 1.15. The van der Waals surface area contributed by atoms with Crippen molar-refractivity contribution >= 4 is 11.7 Å². The summed E-state index contributed by atoms with van der Waals surface area (Å²) >= 11 is 0. The van der Waals surface area contributed by atoms with Crippen LogP contribution in [0.3, 0.4) is 0 Å². The van der Waals surface area contributed by atoms with E-state index in [1.807, 2.05) is 4.90 Å². The first-order chi connectivity index (χ1) is 11.7. The van der Waals surface area contributed by atoms with Crippen LogP contribution in [0, 0.1) is 11.7 Å². The number of carbonyl (C=O) groups is 1. The van der Waals surface area contributed by atoms with Gasteiger partial charge in [-0.05, 0) is 30.0 Å². The van der Waals surface area contributed by atoms with Gasteiger partial charge in [0, 0.05) is 44.5 Å². The minimum absolute atomic E-state index is 0.0542. The first-order valence-corrected chi connectivity index (χ1v) is 8.27. The van der Waals surface area contributed by atoms with Gasteiger partial charge in [0.25, 0.3) is 0 Å². The molecule has 2 atom stereocenters. The van der Waals surface area contributed by atoms with Gasteiger partial charge < -0.3 is 9.80 Å². The molecule has 2 aliphatic rings. The molecule has 0 radical (unpaired) electrons. The lowest BCUT2D eigenvalue weighted by Crippen LogP contribution is -2.49. The van der Waals surface area contributed by atoms with Crippen LogP contribution in [0.15, 0.2) is 42.9 Å². The van der Waals surface area contributed by atoms with Crippen molar-refractivity contribution in [3.05, 3.63) is 54.2 Å². The number of carbonyl (C=O) groups excluding carboxylic acids is 1. The molecule has 4 rings (SSSR count). The molecule has 0 spiro atoms. The summed E-state index contributed by atoms with van der Waals surface area (Å²) in [5, 5.41) is 0. The zero-order valence-electron chi connectivity index (χ0n) is 13.3. The largest absolute Gasteiger partial charge is 0.352 e. The molecule has 1 saturated heterocycles. The predicted molar refractivity (Wildman–Crippen MR) is 88.1 cm³/mol. The zero-order valence-corrected chi connectivity index (χ0v) is 13.3. The second kappa shape index (κ2) is 6.19. The van der Waals surface area contributed by atoms with Crippen molar-refractivity contribution in [3.63, 3.8) is 0 Å². The smallest absolute Gasteiger partial charge is 0.226 e. The summed E-state index contributed by atoms with van der Waals surface area (Å²) in [6.45, 7) is 2.97. The lowest BCUT2D eigenvalue weighted by Gasteiger charge is -2.35. The van der Waals surface area contributed by atoms with Gasteiger partial charge in [0.1, 0.15) is 11.6 Å². The number of piperazine rings is 1. The third-order valence-electron chi connectivity index (χ3n) is 4.87. The van der Waals surface area contributed by atoms with Crippen molar-refractivity contribution in [2.75, 3.05) is 31.1 Å². The minimum atomic E-state index is -0.234. The highest BCUT2D eigenvalue weighted by Gasteiger charge is 2.46. The van der Waals surface area contributed by atoms with Crippen LogP contribution in [0.1, 0.15) is 17.9 Å². The Morgan fingerprint density at radius 3 is 2.50 bits per heavy atom. The van der Waals surface area contributed by atoms with Crippen LogP contribution in [0.5, 0.6) is 0 Å². The quantitative estimate of drug-likeness (QED) is 0.866. The minimum Gasteiger partial charge on any atom is -0.352 e.